The topological polar surface area (TPSA) is 178 Å². The van der Waals surface area contributed by atoms with Crippen LogP contribution in [0.5, 0.6) is 11.5 Å². The van der Waals surface area contributed by atoms with E-state index < -0.39 is 16.9 Å². The highest BCUT2D eigenvalue weighted by Gasteiger charge is 2.30. The lowest BCUT2D eigenvalue weighted by molar-refractivity contribution is -0.120. The van der Waals surface area contributed by atoms with Gasteiger partial charge in [0.1, 0.15) is 27.2 Å². The number of amidine groups is 1. The maximum atomic E-state index is 12.9. The molecule has 1 heterocycles. The maximum Gasteiger partial charge on any atom is 0.269 e. The number of nitrogens with one attached hydrogen (secondary N) is 6. The number of amides is 3. The number of aromatic nitrogens is 1. The monoisotopic (exact) mass is 605 g/mol. The van der Waals surface area contributed by atoms with Crippen LogP contribution in [0.3, 0.4) is 0 Å². The molecule has 2 aromatic carbocycles. The van der Waals surface area contributed by atoms with Gasteiger partial charge in [-0.15, -0.1) is 11.3 Å². The minimum absolute atomic E-state index is 0.173. The van der Waals surface area contributed by atoms with Crippen LogP contribution in [0.2, 0.25) is 0 Å². The number of rotatable bonds is 12. The van der Waals surface area contributed by atoms with Gasteiger partial charge in [-0.3, -0.25) is 25.2 Å². The zero-order valence-corrected chi connectivity index (χ0v) is 24.6. The third-order valence-electron chi connectivity index (χ3n) is 6.12. The van der Waals surface area contributed by atoms with E-state index >= 15 is 0 Å². The second-order valence-electron chi connectivity index (χ2n) is 9.72. The van der Waals surface area contributed by atoms with E-state index in [0.29, 0.717) is 26.9 Å². The van der Waals surface area contributed by atoms with Crippen molar-refractivity contribution in [2.45, 2.75) is 18.1 Å². The highest BCUT2D eigenvalue weighted by Crippen LogP contribution is 2.39. The number of hydrogen-bond donors (Lipinski definition) is 6. The quantitative estimate of drug-likeness (QED) is 0.104. The van der Waals surface area contributed by atoms with Crippen LogP contribution in [-0.2, 0) is 9.59 Å². The van der Waals surface area contributed by atoms with Crippen LogP contribution in [0.25, 0.3) is 10.6 Å². The summed E-state index contributed by atoms with van der Waals surface area (Å²) < 4.78 is 10.8. The predicted octanol–water partition coefficient (Wildman–Crippen LogP) is 2.13. The van der Waals surface area contributed by atoms with Crippen molar-refractivity contribution in [1.82, 2.24) is 15.6 Å². The Balaban J connectivity index is 1.60. The van der Waals surface area contributed by atoms with E-state index in [-0.39, 0.29) is 40.7 Å². The normalized spacial score (nSPS) is 12.9. The van der Waals surface area contributed by atoms with Gasteiger partial charge in [-0.2, -0.15) is 0 Å². The SMILES string of the molecule is [B]C([B])([B])NC(=O)C(=N)/C(=C\C(=N)NC(=O)C1CC1)Nc1cccc(-c2ncc(C(=O)Nc3ccc(OC)cc3)s2)c1OC. The molecule has 16 heteroatoms. The standard InChI is InChI=1S/C28H26B3N7O5S/c1-42-16-10-8-15(9-11-16)35-25(40)20-13-34-27(44-20)17-4-3-5-18(23(17)43-2)36-19(22(33)26(41)38-28(29,30)31)12-21(32)37-24(39)14-6-7-14/h3-5,8-14,33,36H,6-7H2,1-2H3,(H,35,40)(H,38,41)(H2,32,37,39)/b19-12+,33-22?. The van der Waals surface area contributed by atoms with Crippen molar-refractivity contribution in [2.24, 2.45) is 5.92 Å². The maximum absolute atomic E-state index is 12.9. The Morgan fingerprint density at radius 1 is 1.02 bits per heavy atom. The minimum atomic E-state index is -2.11. The number of anilines is 2. The summed E-state index contributed by atoms with van der Waals surface area (Å²) in [5.74, 6) is -1.34. The summed E-state index contributed by atoms with van der Waals surface area (Å²) in [7, 11) is 19.4. The fourth-order valence-electron chi connectivity index (χ4n) is 3.85. The number of hydrogen-bond acceptors (Lipinski definition) is 10. The zero-order chi connectivity index (χ0) is 32.0. The highest BCUT2D eigenvalue weighted by molar-refractivity contribution is 7.17. The van der Waals surface area contributed by atoms with Crippen LogP contribution in [0.15, 0.2) is 60.4 Å². The van der Waals surface area contributed by atoms with E-state index in [1.54, 1.807) is 49.6 Å². The Kier molecular flexibility index (Phi) is 9.94. The Labute approximate surface area is 261 Å². The number of methoxy groups -OCH3 is 2. The lowest BCUT2D eigenvalue weighted by Crippen LogP contribution is -2.52. The summed E-state index contributed by atoms with van der Waals surface area (Å²) in [5, 5.41) is 25.3. The molecule has 0 saturated heterocycles. The number of thiazole rings is 1. The largest absolute Gasteiger partial charge is 0.497 e. The van der Waals surface area contributed by atoms with Gasteiger partial charge in [-0.05, 0) is 49.2 Å². The molecule has 0 bridgehead atoms. The number of benzene rings is 2. The van der Waals surface area contributed by atoms with Crippen molar-refractivity contribution in [1.29, 1.82) is 10.8 Å². The fraction of sp³-hybridized carbons (Fsp3) is 0.214. The van der Waals surface area contributed by atoms with Gasteiger partial charge < -0.3 is 30.7 Å². The van der Waals surface area contributed by atoms with Crippen LogP contribution < -0.4 is 30.7 Å². The summed E-state index contributed by atoms with van der Waals surface area (Å²) in [5.41, 5.74) is 0.495. The third kappa shape index (κ3) is 8.37. The van der Waals surface area contributed by atoms with Gasteiger partial charge in [0, 0.05) is 17.7 Å². The first-order valence-corrected chi connectivity index (χ1v) is 13.9. The minimum Gasteiger partial charge on any atom is -0.497 e. The molecule has 3 aromatic rings. The average molecular weight is 605 g/mol. The Hall–Kier alpha value is -4.85. The molecule has 1 aromatic heterocycles. The number of para-hydroxylation sites is 1. The average Bonchev–Trinajstić information content (AvgIpc) is 3.72. The Bertz CT molecular complexity index is 1630. The van der Waals surface area contributed by atoms with Crippen molar-refractivity contribution >= 4 is 75.5 Å². The van der Waals surface area contributed by atoms with Crippen LogP contribution >= 0.6 is 11.3 Å². The second kappa shape index (κ2) is 13.6. The van der Waals surface area contributed by atoms with Crippen LogP contribution in [-0.4, -0.2) is 77.2 Å². The van der Waals surface area contributed by atoms with E-state index in [9.17, 15) is 14.4 Å². The smallest absolute Gasteiger partial charge is 0.269 e. The Morgan fingerprint density at radius 3 is 2.34 bits per heavy atom. The lowest BCUT2D eigenvalue weighted by Gasteiger charge is -2.23. The zero-order valence-electron chi connectivity index (χ0n) is 23.8. The molecule has 1 aliphatic rings. The molecule has 0 aliphatic heterocycles. The van der Waals surface area contributed by atoms with Crippen LogP contribution in [0.1, 0.15) is 22.5 Å². The van der Waals surface area contributed by atoms with Gasteiger partial charge >= 0.3 is 0 Å². The van der Waals surface area contributed by atoms with Gasteiger partial charge in [0.15, 0.2) is 5.75 Å². The van der Waals surface area contributed by atoms with Crippen LogP contribution in [0.4, 0.5) is 11.4 Å². The van der Waals surface area contributed by atoms with E-state index in [1.807, 2.05) is 0 Å². The van der Waals surface area contributed by atoms with Crippen molar-refractivity contribution in [2.75, 3.05) is 24.9 Å². The van der Waals surface area contributed by atoms with Crippen molar-refractivity contribution in [3.8, 4) is 22.1 Å². The van der Waals surface area contributed by atoms with Crippen LogP contribution in [0, 0.1) is 16.7 Å². The number of carbonyl (C=O) groups excluding carboxylic acids is 3. The summed E-state index contributed by atoms with van der Waals surface area (Å²) in [4.78, 5) is 42.5. The van der Waals surface area contributed by atoms with Gasteiger partial charge in [-0.25, -0.2) is 4.98 Å². The number of ether oxygens (including phenoxy) is 2. The van der Waals surface area contributed by atoms with Gasteiger partial charge in [-0.1, -0.05) is 11.3 Å². The third-order valence-corrected chi connectivity index (χ3v) is 7.15. The van der Waals surface area contributed by atoms with Crippen molar-refractivity contribution < 1.29 is 23.9 Å². The summed E-state index contributed by atoms with van der Waals surface area (Å²) in [6.45, 7) is 0. The Morgan fingerprint density at radius 2 is 1.73 bits per heavy atom. The fourth-order valence-corrected chi connectivity index (χ4v) is 4.69. The molecule has 0 atom stereocenters. The molecule has 12 nitrogen and oxygen atoms in total. The molecular weight excluding hydrogens is 579 g/mol. The first-order chi connectivity index (χ1) is 20.9. The van der Waals surface area contributed by atoms with Gasteiger partial charge in [0.25, 0.3) is 11.8 Å². The van der Waals surface area contributed by atoms with Gasteiger partial charge in [0.05, 0.1) is 60.9 Å². The first kappa shape index (κ1) is 32.1. The number of carbonyl (C=O) groups is 3. The number of nitrogens with zero attached hydrogens (tertiary/aromatic N) is 1. The molecular formula is C28H26B3N7O5S. The molecule has 1 saturated carbocycles. The molecule has 3 amide bonds. The molecule has 4 rings (SSSR count). The van der Waals surface area contributed by atoms with Crippen molar-refractivity contribution in [3.05, 3.63) is 65.3 Å². The van der Waals surface area contributed by atoms with Gasteiger partial charge in [0.2, 0.25) is 5.91 Å². The predicted molar refractivity (Wildman–Crippen MR) is 171 cm³/mol. The van der Waals surface area contributed by atoms with E-state index in [2.05, 4.69) is 26.3 Å². The molecule has 6 N–H and O–H groups in total. The highest BCUT2D eigenvalue weighted by atomic mass is 32.1. The van der Waals surface area contributed by atoms with E-state index in [4.69, 9.17) is 43.8 Å². The van der Waals surface area contributed by atoms with E-state index in [1.165, 1.54) is 13.3 Å². The summed E-state index contributed by atoms with van der Waals surface area (Å²) in [6, 6.07) is 11.9. The molecule has 1 aliphatic carbocycles. The molecule has 44 heavy (non-hydrogen) atoms. The first-order valence-electron chi connectivity index (χ1n) is 13.1. The molecule has 1 fully saturated rings. The molecule has 6 radical (unpaired) electrons. The summed E-state index contributed by atoms with van der Waals surface area (Å²) in [6.07, 6.45) is 3.99. The van der Waals surface area contributed by atoms with E-state index in [0.717, 1.165) is 30.3 Å². The lowest BCUT2D eigenvalue weighted by atomic mass is 9.49. The molecule has 0 spiro atoms. The molecule has 0 unspecified atom stereocenters. The van der Waals surface area contributed by atoms with Crippen molar-refractivity contribution in [3.63, 3.8) is 0 Å². The second-order valence-corrected chi connectivity index (χ2v) is 10.8. The molecule has 218 valence electrons. The summed E-state index contributed by atoms with van der Waals surface area (Å²) >= 11 is 1.12.